The van der Waals surface area contributed by atoms with Gasteiger partial charge >= 0.3 is 0 Å². The highest BCUT2D eigenvalue weighted by Crippen LogP contribution is 2.12. The third-order valence-electron chi connectivity index (χ3n) is 4.19. The number of nitrogens with one attached hydrogen (secondary N) is 1. The molecule has 0 aromatic heterocycles. The molecule has 0 fully saturated rings. The zero-order chi connectivity index (χ0) is 15.6. The molecule has 1 radical (unpaired) electrons. The van der Waals surface area contributed by atoms with Gasteiger partial charge in [0.05, 0.1) is 0 Å². The van der Waals surface area contributed by atoms with Crippen LogP contribution in [0.4, 0.5) is 0 Å². The van der Waals surface area contributed by atoms with Gasteiger partial charge in [-0.1, -0.05) is 104 Å². The van der Waals surface area contributed by atoms with Crippen LogP contribution in [0.2, 0.25) is 0 Å². The second-order valence-corrected chi connectivity index (χ2v) is 6.98. The molecule has 0 saturated heterocycles. The Hall–Kier alpha value is -0.0400. The van der Waals surface area contributed by atoms with Crippen molar-refractivity contribution in [1.82, 2.24) is 5.32 Å². The third-order valence-corrected chi connectivity index (χ3v) is 4.19. The van der Waals surface area contributed by atoms with Gasteiger partial charge in [0.1, 0.15) is 0 Å². The molecular formula is C20H42N. The number of hydrogen-bond acceptors (Lipinski definition) is 1. The summed E-state index contributed by atoms with van der Waals surface area (Å²) in [6.45, 7) is 8.97. The van der Waals surface area contributed by atoms with Crippen LogP contribution in [-0.2, 0) is 0 Å². The predicted molar refractivity (Wildman–Crippen MR) is 97.8 cm³/mol. The maximum Gasteiger partial charge on any atom is 0.000811 e. The number of unbranched alkanes of at least 4 members (excludes halogenated alkanes) is 13. The molecule has 0 bridgehead atoms. The molecule has 0 spiro atoms. The summed E-state index contributed by atoms with van der Waals surface area (Å²) in [6, 6.07) is 0. The number of rotatable bonds is 17. The molecule has 21 heavy (non-hydrogen) atoms. The first kappa shape index (κ1) is 21.0. The summed E-state index contributed by atoms with van der Waals surface area (Å²) in [6.07, 6.45) is 20.2. The van der Waals surface area contributed by atoms with Crippen molar-refractivity contribution in [3.05, 3.63) is 5.92 Å². The standard InChI is InChI=1S/C20H42N/c1-4-5-6-7-8-9-10-11-12-13-14-15-16-17-18-21-19-20(2)3/h21H,4-19H2,1-3H3. The fourth-order valence-electron chi connectivity index (χ4n) is 2.78. The van der Waals surface area contributed by atoms with Crippen molar-refractivity contribution < 1.29 is 0 Å². The molecule has 0 aliphatic carbocycles. The topological polar surface area (TPSA) is 12.0 Å². The van der Waals surface area contributed by atoms with Crippen LogP contribution in [0.25, 0.3) is 0 Å². The van der Waals surface area contributed by atoms with Gasteiger partial charge in [0.15, 0.2) is 0 Å². The van der Waals surface area contributed by atoms with Crippen LogP contribution in [0.3, 0.4) is 0 Å². The summed E-state index contributed by atoms with van der Waals surface area (Å²) in [4.78, 5) is 0. The molecule has 1 N–H and O–H groups in total. The van der Waals surface area contributed by atoms with E-state index in [1.807, 2.05) is 0 Å². The molecule has 0 atom stereocenters. The molecular weight excluding hydrogens is 254 g/mol. The van der Waals surface area contributed by atoms with Gasteiger partial charge in [0.25, 0.3) is 0 Å². The van der Waals surface area contributed by atoms with Crippen LogP contribution >= 0.6 is 0 Å². The average molecular weight is 297 g/mol. The summed E-state index contributed by atoms with van der Waals surface area (Å²) >= 11 is 0. The van der Waals surface area contributed by atoms with Crippen molar-refractivity contribution in [3.63, 3.8) is 0 Å². The summed E-state index contributed by atoms with van der Waals surface area (Å²) in [5, 5.41) is 3.49. The maximum absolute atomic E-state index is 3.49. The fraction of sp³-hybridized carbons (Fsp3) is 0.950. The van der Waals surface area contributed by atoms with Crippen LogP contribution < -0.4 is 5.32 Å². The SMILES string of the molecule is CCCCCCCCCCCCCCCCNC[C](C)C. The highest BCUT2D eigenvalue weighted by molar-refractivity contribution is 4.79. The van der Waals surface area contributed by atoms with Crippen molar-refractivity contribution in [3.8, 4) is 0 Å². The van der Waals surface area contributed by atoms with Gasteiger partial charge in [-0.2, -0.15) is 0 Å². The molecule has 0 heterocycles. The first-order chi connectivity index (χ1) is 10.3. The molecule has 1 heteroatoms. The Kier molecular flexibility index (Phi) is 18.0. The normalized spacial score (nSPS) is 11.4. The quantitative estimate of drug-likeness (QED) is 0.295. The van der Waals surface area contributed by atoms with E-state index in [4.69, 9.17) is 0 Å². The van der Waals surface area contributed by atoms with Gasteiger partial charge in [0.2, 0.25) is 0 Å². The molecule has 0 amide bonds. The molecule has 127 valence electrons. The summed E-state index contributed by atoms with van der Waals surface area (Å²) in [5.74, 6) is 1.49. The van der Waals surface area contributed by atoms with Gasteiger partial charge in [-0.15, -0.1) is 0 Å². The monoisotopic (exact) mass is 296 g/mol. The van der Waals surface area contributed by atoms with Crippen molar-refractivity contribution in [2.24, 2.45) is 0 Å². The van der Waals surface area contributed by atoms with E-state index >= 15 is 0 Å². The second kappa shape index (κ2) is 18.0. The fourth-order valence-corrected chi connectivity index (χ4v) is 2.78. The minimum absolute atomic E-state index is 1.10. The van der Waals surface area contributed by atoms with E-state index in [1.54, 1.807) is 0 Å². The van der Waals surface area contributed by atoms with Crippen molar-refractivity contribution in [2.75, 3.05) is 13.1 Å². The first-order valence-corrected chi connectivity index (χ1v) is 9.77. The van der Waals surface area contributed by atoms with E-state index in [-0.39, 0.29) is 0 Å². The molecule has 0 aromatic carbocycles. The molecule has 0 aliphatic heterocycles. The molecule has 0 aliphatic rings. The first-order valence-electron chi connectivity index (χ1n) is 9.77. The second-order valence-electron chi connectivity index (χ2n) is 6.98. The van der Waals surface area contributed by atoms with Gasteiger partial charge in [-0.05, 0) is 18.9 Å². The number of hydrogen-bond donors (Lipinski definition) is 1. The van der Waals surface area contributed by atoms with Gasteiger partial charge in [-0.25, -0.2) is 0 Å². The van der Waals surface area contributed by atoms with Crippen molar-refractivity contribution in [1.29, 1.82) is 0 Å². The Morgan fingerprint density at radius 1 is 0.571 bits per heavy atom. The van der Waals surface area contributed by atoms with E-state index in [9.17, 15) is 0 Å². The van der Waals surface area contributed by atoms with Gasteiger partial charge in [-0.3, -0.25) is 0 Å². The van der Waals surface area contributed by atoms with Crippen LogP contribution in [0.5, 0.6) is 0 Å². The molecule has 0 aromatic rings. The van der Waals surface area contributed by atoms with E-state index in [1.165, 1.54) is 102 Å². The lowest BCUT2D eigenvalue weighted by molar-refractivity contribution is 0.530. The van der Waals surface area contributed by atoms with Crippen molar-refractivity contribution in [2.45, 2.75) is 111 Å². The van der Waals surface area contributed by atoms with E-state index in [2.05, 4.69) is 26.1 Å². The largest absolute Gasteiger partial charge is 0.316 e. The van der Waals surface area contributed by atoms with E-state index < -0.39 is 0 Å². The van der Waals surface area contributed by atoms with Crippen molar-refractivity contribution >= 4 is 0 Å². The molecule has 0 rings (SSSR count). The Morgan fingerprint density at radius 3 is 1.33 bits per heavy atom. The minimum atomic E-state index is 1.10. The third kappa shape index (κ3) is 20.0. The van der Waals surface area contributed by atoms with E-state index in [0.29, 0.717) is 0 Å². The highest BCUT2D eigenvalue weighted by atomic mass is 14.8. The van der Waals surface area contributed by atoms with Crippen LogP contribution in [0.15, 0.2) is 0 Å². The van der Waals surface area contributed by atoms with Crippen LogP contribution in [0.1, 0.15) is 111 Å². The Labute approximate surface area is 135 Å². The van der Waals surface area contributed by atoms with Crippen LogP contribution in [0, 0.1) is 5.92 Å². The molecule has 1 nitrogen and oxygen atoms in total. The summed E-state index contributed by atoms with van der Waals surface area (Å²) in [5.41, 5.74) is 0. The lowest BCUT2D eigenvalue weighted by Crippen LogP contribution is -2.19. The van der Waals surface area contributed by atoms with Gasteiger partial charge < -0.3 is 5.32 Å². The summed E-state index contributed by atoms with van der Waals surface area (Å²) < 4.78 is 0. The zero-order valence-corrected chi connectivity index (χ0v) is 15.3. The zero-order valence-electron chi connectivity index (χ0n) is 15.3. The van der Waals surface area contributed by atoms with Gasteiger partial charge in [0, 0.05) is 6.54 Å². The molecule has 0 saturated carbocycles. The predicted octanol–water partition coefficient (Wildman–Crippen LogP) is 6.67. The minimum Gasteiger partial charge on any atom is -0.316 e. The lowest BCUT2D eigenvalue weighted by Gasteiger charge is -2.06. The Morgan fingerprint density at radius 2 is 0.952 bits per heavy atom. The average Bonchev–Trinajstić information content (AvgIpc) is 2.46. The van der Waals surface area contributed by atoms with E-state index in [0.717, 1.165) is 6.54 Å². The Balaban J connectivity index is 2.93. The summed E-state index contributed by atoms with van der Waals surface area (Å²) in [7, 11) is 0. The maximum atomic E-state index is 3.49. The Bertz CT molecular complexity index is 177. The van der Waals surface area contributed by atoms with Crippen LogP contribution in [-0.4, -0.2) is 13.1 Å². The smallest absolute Gasteiger partial charge is 0.000811 e. The molecule has 0 unspecified atom stereocenters. The highest BCUT2D eigenvalue weighted by Gasteiger charge is 1.95. The lowest BCUT2D eigenvalue weighted by atomic mass is 10.0.